The molecule has 4 rings (SSSR count). The summed E-state index contributed by atoms with van der Waals surface area (Å²) >= 11 is 0. The normalized spacial score (nSPS) is 16.3. The van der Waals surface area contributed by atoms with E-state index in [1.165, 1.54) is 24.8 Å². The van der Waals surface area contributed by atoms with E-state index in [0.29, 0.717) is 24.2 Å². The number of nitrogens with zero attached hydrogens (tertiary/aromatic N) is 3. The van der Waals surface area contributed by atoms with Crippen molar-refractivity contribution in [2.45, 2.75) is 19.9 Å². The highest BCUT2D eigenvalue weighted by Gasteiger charge is 2.30. The minimum absolute atomic E-state index is 0.0559. The molecule has 160 valence electrons. The Balaban J connectivity index is 1.58. The van der Waals surface area contributed by atoms with Crippen LogP contribution in [0.5, 0.6) is 0 Å². The number of carbonyl (C=O) groups excluding carboxylic acids is 2. The fourth-order valence-corrected chi connectivity index (χ4v) is 4.05. The highest BCUT2D eigenvalue weighted by Crippen LogP contribution is 2.29. The van der Waals surface area contributed by atoms with E-state index in [0.717, 1.165) is 6.54 Å². The van der Waals surface area contributed by atoms with E-state index in [-0.39, 0.29) is 23.4 Å². The summed E-state index contributed by atoms with van der Waals surface area (Å²) in [4.78, 5) is 33.6. The molecule has 2 aromatic carbocycles. The molecule has 1 aliphatic heterocycles. The zero-order valence-corrected chi connectivity index (χ0v) is 17.9. The van der Waals surface area contributed by atoms with Gasteiger partial charge in [0, 0.05) is 36.9 Å². The van der Waals surface area contributed by atoms with Crippen LogP contribution < -0.4 is 4.90 Å². The number of esters is 1. The zero-order valence-electron chi connectivity index (χ0n) is 17.9. The average Bonchev–Trinajstić information content (AvgIpc) is 3.28. The number of rotatable bonds is 4. The minimum Gasteiger partial charge on any atom is -0.464 e. The van der Waals surface area contributed by atoms with Gasteiger partial charge in [-0.2, -0.15) is 0 Å². The lowest BCUT2D eigenvalue weighted by atomic mass is 10.0. The summed E-state index contributed by atoms with van der Waals surface area (Å²) in [6.07, 6.45) is 1.19. The molecule has 0 unspecified atom stereocenters. The van der Waals surface area contributed by atoms with E-state index in [1.807, 2.05) is 4.90 Å². The van der Waals surface area contributed by atoms with Gasteiger partial charge in [-0.1, -0.05) is 30.3 Å². The Morgan fingerprint density at radius 2 is 1.94 bits per heavy atom. The minimum atomic E-state index is -0.605. The maximum atomic E-state index is 13.4. The van der Waals surface area contributed by atoms with Crippen LogP contribution in [-0.4, -0.2) is 54.5 Å². The second-order valence-corrected chi connectivity index (χ2v) is 7.70. The maximum Gasteiger partial charge on any atom is 0.360 e. The van der Waals surface area contributed by atoms with Gasteiger partial charge in [-0.15, -0.1) is 0 Å². The number of aryl methyl sites for hydroxylation is 1. The molecular weight excluding hydrogens is 394 g/mol. The number of oxazole rings is 1. The summed E-state index contributed by atoms with van der Waals surface area (Å²) in [7, 11) is 1.28. The van der Waals surface area contributed by atoms with Crippen molar-refractivity contribution >= 4 is 17.6 Å². The molecule has 0 radical (unpaired) electrons. The van der Waals surface area contributed by atoms with Gasteiger partial charge in [0.25, 0.3) is 5.91 Å². The molecule has 31 heavy (non-hydrogen) atoms. The smallest absolute Gasteiger partial charge is 0.360 e. The van der Waals surface area contributed by atoms with E-state index in [9.17, 15) is 9.59 Å². The number of benzene rings is 2. The number of amides is 1. The van der Waals surface area contributed by atoms with Crippen molar-refractivity contribution in [3.05, 3.63) is 71.7 Å². The van der Waals surface area contributed by atoms with Gasteiger partial charge in [-0.25, -0.2) is 9.78 Å². The third kappa shape index (κ3) is 4.03. The monoisotopic (exact) mass is 419 g/mol. The highest BCUT2D eigenvalue weighted by atomic mass is 16.5. The number of aromatic nitrogens is 1. The van der Waals surface area contributed by atoms with Gasteiger partial charge < -0.3 is 19.0 Å². The SMILES string of the molecule is COC(=O)c1ncoc1-c1ccccc1C(=O)N1CCN(c2cccc(C)c2)[C@H](C)C1. The van der Waals surface area contributed by atoms with E-state index in [4.69, 9.17) is 9.15 Å². The second kappa shape index (κ2) is 8.63. The molecule has 1 fully saturated rings. The number of hydrogen-bond acceptors (Lipinski definition) is 6. The molecule has 0 spiro atoms. The molecule has 7 nitrogen and oxygen atoms in total. The van der Waals surface area contributed by atoms with Gasteiger partial charge in [0.2, 0.25) is 0 Å². The van der Waals surface area contributed by atoms with Crippen LogP contribution in [-0.2, 0) is 4.74 Å². The molecule has 1 saturated heterocycles. The van der Waals surface area contributed by atoms with Gasteiger partial charge in [-0.05, 0) is 37.6 Å². The predicted octanol–water partition coefficient (Wildman–Crippen LogP) is 3.79. The van der Waals surface area contributed by atoms with Crippen molar-refractivity contribution in [1.82, 2.24) is 9.88 Å². The second-order valence-electron chi connectivity index (χ2n) is 7.70. The number of hydrogen-bond donors (Lipinski definition) is 0. The molecule has 0 N–H and O–H groups in total. The molecule has 1 amide bonds. The Kier molecular flexibility index (Phi) is 5.75. The first-order valence-electron chi connectivity index (χ1n) is 10.2. The number of anilines is 1. The first-order chi connectivity index (χ1) is 15.0. The van der Waals surface area contributed by atoms with Crippen LogP contribution in [0.3, 0.4) is 0 Å². The van der Waals surface area contributed by atoms with Gasteiger partial charge >= 0.3 is 5.97 Å². The van der Waals surface area contributed by atoms with Crippen molar-refractivity contribution in [2.24, 2.45) is 0 Å². The largest absolute Gasteiger partial charge is 0.464 e. The number of piperazine rings is 1. The van der Waals surface area contributed by atoms with Gasteiger partial charge in [0.05, 0.1) is 12.7 Å². The lowest BCUT2D eigenvalue weighted by Crippen LogP contribution is -2.53. The third-order valence-corrected chi connectivity index (χ3v) is 5.60. The number of carbonyl (C=O) groups is 2. The lowest BCUT2D eigenvalue weighted by Gasteiger charge is -2.41. The van der Waals surface area contributed by atoms with Crippen molar-refractivity contribution in [3.63, 3.8) is 0 Å². The standard InChI is InChI=1S/C24H25N3O4/c1-16-7-6-8-18(13-16)27-12-11-26(14-17(27)2)23(28)20-10-5-4-9-19(20)22-21(24(29)30-3)25-15-31-22/h4-10,13,15,17H,11-12,14H2,1-3H3/t17-/m1/s1. The highest BCUT2D eigenvalue weighted by molar-refractivity contribution is 6.03. The van der Waals surface area contributed by atoms with Crippen molar-refractivity contribution in [3.8, 4) is 11.3 Å². The molecular formula is C24H25N3O4. The fraction of sp³-hybridized carbons (Fsp3) is 0.292. The summed E-state index contributed by atoms with van der Waals surface area (Å²) < 4.78 is 10.3. The Morgan fingerprint density at radius 3 is 2.68 bits per heavy atom. The predicted molar refractivity (Wildman–Crippen MR) is 117 cm³/mol. The van der Waals surface area contributed by atoms with E-state index in [1.54, 1.807) is 24.3 Å². The number of methoxy groups -OCH3 is 1. The average molecular weight is 419 g/mol. The summed E-state index contributed by atoms with van der Waals surface area (Å²) in [6.45, 7) is 6.15. The number of ether oxygens (including phenoxy) is 1. The van der Waals surface area contributed by atoms with Crippen LogP contribution in [0, 0.1) is 6.92 Å². The van der Waals surface area contributed by atoms with Crippen LogP contribution in [0.25, 0.3) is 11.3 Å². The summed E-state index contributed by atoms with van der Waals surface area (Å²) in [5, 5.41) is 0. The van der Waals surface area contributed by atoms with E-state index in [2.05, 4.69) is 48.0 Å². The summed E-state index contributed by atoms with van der Waals surface area (Å²) in [6, 6.07) is 15.7. The van der Waals surface area contributed by atoms with Crippen molar-refractivity contribution in [2.75, 3.05) is 31.6 Å². The molecule has 0 aliphatic carbocycles. The zero-order chi connectivity index (χ0) is 22.0. The Morgan fingerprint density at radius 1 is 1.13 bits per heavy atom. The molecule has 7 heteroatoms. The first kappa shape index (κ1) is 20.7. The van der Waals surface area contributed by atoms with Crippen LogP contribution in [0.4, 0.5) is 5.69 Å². The summed E-state index contributed by atoms with van der Waals surface area (Å²) in [5.74, 6) is -0.466. The van der Waals surface area contributed by atoms with Crippen LogP contribution in [0.2, 0.25) is 0 Å². The quantitative estimate of drug-likeness (QED) is 0.599. The Bertz CT molecular complexity index is 1110. The van der Waals surface area contributed by atoms with E-state index < -0.39 is 5.97 Å². The van der Waals surface area contributed by atoms with Crippen molar-refractivity contribution in [1.29, 1.82) is 0 Å². The van der Waals surface area contributed by atoms with Crippen LogP contribution in [0.15, 0.2) is 59.3 Å². The molecule has 0 bridgehead atoms. The maximum absolute atomic E-state index is 13.4. The molecule has 1 aliphatic rings. The molecule has 2 heterocycles. The van der Waals surface area contributed by atoms with Crippen LogP contribution >= 0.6 is 0 Å². The third-order valence-electron chi connectivity index (χ3n) is 5.60. The first-order valence-corrected chi connectivity index (χ1v) is 10.2. The van der Waals surface area contributed by atoms with Gasteiger partial charge in [-0.3, -0.25) is 4.79 Å². The lowest BCUT2D eigenvalue weighted by molar-refractivity contribution is 0.0594. The topological polar surface area (TPSA) is 75.9 Å². The van der Waals surface area contributed by atoms with E-state index >= 15 is 0 Å². The van der Waals surface area contributed by atoms with Gasteiger partial charge in [0.15, 0.2) is 17.8 Å². The van der Waals surface area contributed by atoms with Crippen molar-refractivity contribution < 1.29 is 18.7 Å². The fourth-order valence-electron chi connectivity index (χ4n) is 4.05. The van der Waals surface area contributed by atoms with Gasteiger partial charge in [0.1, 0.15) is 0 Å². The van der Waals surface area contributed by atoms with Crippen LogP contribution in [0.1, 0.15) is 33.3 Å². The Hall–Kier alpha value is -3.61. The Labute approximate surface area is 181 Å². The molecule has 0 saturated carbocycles. The molecule has 1 aromatic heterocycles. The molecule has 1 atom stereocenters. The summed E-state index contributed by atoms with van der Waals surface area (Å²) in [5.41, 5.74) is 3.44. The molecule has 3 aromatic rings.